The third kappa shape index (κ3) is 2.67. The van der Waals surface area contributed by atoms with Crippen LogP contribution in [0.15, 0.2) is 30.3 Å². The van der Waals surface area contributed by atoms with Gasteiger partial charge in [0.25, 0.3) is 5.91 Å². The average Bonchev–Trinajstić information content (AvgIpc) is 2.92. The molecule has 0 radical (unpaired) electrons. The second kappa shape index (κ2) is 5.78. The minimum Gasteiger partial charge on any atom is -0.394 e. The van der Waals surface area contributed by atoms with Crippen molar-refractivity contribution in [1.82, 2.24) is 15.0 Å². The fraction of sp³-hybridized carbons (Fsp3) is 0.250. The maximum absolute atomic E-state index is 11.3. The molecule has 1 aromatic heterocycles. The average molecular weight is 278 g/mol. The summed E-state index contributed by atoms with van der Waals surface area (Å²) in [5.74, 6) is -0.883. The fourth-order valence-corrected chi connectivity index (χ4v) is 1.65. The van der Waals surface area contributed by atoms with E-state index in [0.717, 1.165) is 4.80 Å². The van der Waals surface area contributed by atoms with Crippen LogP contribution in [0.4, 0.5) is 0 Å². The van der Waals surface area contributed by atoms with Crippen LogP contribution in [0, 0.1) is 0 Å². The first kappa shape index (κ1) is 14.1. The summed E-state index contributed by atoms with van der Waals surface area (Å²) >= 11 is 0. The van der Waals surface area contributed by atoms with E-state index < -0.39 is 24.7 Å². The number of aliphatic hydroxyl groups is 3. The number of nitrogens with zero attached hydrogens (tertiary/aromatic N) is 3. The molecule has 20 heavy (non-hydrogen) atoms. The maximum atomic E-state index is 11.3. The van der Waals surface area contributed by atoms with Crippen molar-refractivity contribution >= 4 is 5.91 Å². The fourth-order valence-electron chi connectivity index (χ4n) is 1.65. The lowest BCUT2D eigenvalue weighted by atomic mass is 10.1. The molecule has 0 fully saturated rings. The molecule has 0 saturated heterocycles. The van der Waals surface area contributed by atoms with E-state index in [9.17, 15) is 15.0 Å². The smallest absolute Gasteiger partial charge is 0.271 e. The normalized spacial score (nSPS) is 13.9. The molecule has 0 aliphatic rings. The molecule has 0 aliphatic heterocycles. The molecule has 1 heterocycles. The minimum absolute atomic E-state index is 0.178. The Morgan fingerprint density at radius 3 is 2.45 bits per heavy atom. The number of rotatable bonds is 5. The Bertz CT molecular complexity index is 599. The summed E-state index contributed by atoms with van der Waals surface area (Å²) in [6, 6.07) is 8.70. The van der Waals surface area contributed by atoms with Crippen LogP contribution in [0.25, 0.3) is 5.69 Å². The Balaban J connectivity index is 2.46. The van der Waals surface area contributed by atoms with Crippen LogP contribution in [-0.2, 0) is 0 Å². The van der Waals surface area contributed by atoms with Crippen LogP contribution in [0.2, 0.25) is 0 Å². The standard InChI is InChI=1S/C12H14N4O4/c13-12(20)10-9(11(19)8(18)6-17)14-16(15-10)7-4-2-1-3-5-7/h1-5,8,11,17-19H,6H2,(H2,13,20). The number of aromatic nitrogens is 3. The topological polar surface area (TPSA) is 134 Å². The van der Waals surface area contributed by atoms with Crippen LogP contribution < -0.4 is 5.73 Å². The summed E-state index contributed by atoms with van der Waals surface area (Å²) in [5.41, 5.74) is 5.30. The van der Waals surface area contributed by atoms with Gasteiger partial charge in [-0.05, 0) is 12.1 Å². The van der Waals surface area contributed by atoms with E-state index in [1.54, 1.807) is 30.3 Å². The van der Waals surface area contributed by atoms with Crippen LogP contribution in [0.1, 0.15) is 22.3 Å². The van der Waals surface area contributed by atoms with Gasteiger partial charge in [0, 0.05) is 0 Å². The Morgan fingerprint density at radius 2 is 1.90 bits per heavy atom. The molecule has 1 aromatic carbocycles. The molecule has 2 rings (SSSR count). The van der Waals surface area contributed by atoms with E-state index >= 15 is 0 Å². The van der Waals surface area contributed by atoms with Crippen LogP contribution in [0.3, 0.4) is 0 Å². The molecule has 0 saturated carbocycles. The first-order chi connectivity index (χ1) is 9.54. The minimum atomic E-state index is -1.56. The molecule has 0 spiro atoms. The van der Waals surface area contributed by atoms with Gasteiger partial charge in [0.15, 0.2) is 5.69 Å². The Kier molecular flexibility index (Phi) is 4.08. The number of amides is 1. The number of primary amides is 1. The Hall–Kier alpha value is -2.29. The zero-order valence-electron chi connectivity index (χ0n) is 10.4. The van der Waals surface area contributed by atoms with Crippen molar-refractivity contribution < 1.29 is 20.1 Å². The molecule has 2 atom stereocenters. The number of carbonyl (C=O) groups is 1. The highest BCUT2D eigenvalue weighted by molar-refractivity contribution is 5.91. The van der Waals surface area contributed by atoms with Gasteiger partial charge < -0.3 is 21.1 Å². The van der Waals surface area contributed by atoms with Gasteiger partial charge in [-0.3, -0.25) is 4.79 Å². The Morgan fingerprint density at radius 1 is 1.25 bits per heavy atom. The van der Waals surface area contributed by atoms with Gasteiger partial charge in [0.1, 0.15) is 17.9 Å². The van der Waals surface area contributed by atoms with Gasteiger partial charge in [-0.15, -0.1) is 10.2 Å². The van der Waals surface area contributed by atoms with Crippen LogP contribution in [-0.4, -0.2) is 48.9 Å². The van der Waals surface area contributed by atoms with Crippen molar-refractivity contribution in [1.29, 1.82) is 0 Å². The number of para-hydroxylation sites is 1. The SMILES string of the molecule is NC(=O)c1nn(-c2ccccc2)nc1C(O)C(O)CO. The second-order valence-corrected chi connectivity index (χ2v) is 4.12. The molecule has 8 nitrogen and oxygen atoms in total. The maximum Gasteiger partial charge on any atom is 0.271 e. The predicted octanol–water partition coefficient (Wildman–Crippen LogP) is -1.25. The van der Waals surface area contributed by atoms with E-state index in [0.29, 0.717) is 5.69 Å². The zero-order chi connectivity index (χ0) is 14.7. The summed E-state index contributed by atoms with van der Waals surface area (Å²) in [6.45, 7) is -0.683. The van der Waals surface area contributed by atoms with E-state index in [2.05, 4.69) is 10.2 Å². The van der Waals surface area contributed by atoms with Gasteiger partial charge in [-0.1, -0.05) is 18.2 Å². The largest absolute Gasteiger partial charge is 0.394 e. The van der Waals surface area contributed by atoms with E-state index in [-0.39, 0.29) is 11.4 Å². The summed E-state index contributed by atoms with van der Waals surface area (Å²) in [6.07, 6.45) is -3.03. The summed E-state index contributed by atoms with van der Waals surface area (Å²) < 4.78 is 0. The molecule has 0 bridgehead atoms. The summed E-state index contributed by atoms with van der Waals surface area (Å²) in [5, 5.41) is 36.0. The highest BCUT2D eigenvalue weighted by Crippen LogP contribution is 2.19. The molecule has 106 valence electrons. The molecule has 8 heteroatoms. The van der Waals surface area contributed by atoms with Gasteiger partial charge in [0.2, 0.25) is 0 Å². The van der Waals surface area contributed by atoms with E-state index in [1.165, 1.54) is 0 Å². The van der Waals surface area contributed by atoms with Crippen molar-refractivity contribution in [2.24, 2.45) is 5.73 Å². The molecule has 5 N–H and O–H groups in total. The molecular formula is C12H14N4O4. The van der Waals surface area contributed by atoms with E-state index in [4.69, 9.17) is 10.8 Å². The highest BCUT2D eigenvalue weighted by atomic mass is 16.4. The van der Waals surface area contributed by atoms with Gasteiger partial charge in [-0.2, -0.15) is 4.80 Å². The molecule has 1 amide bonds. The quantitative estimate of drug-likeness (QED) is 0.540. The second-order valence-electron chi connectivity index (χ2n) is 4.12. The van der Waals surface area contributed by atoms with Crippen molar-refractivity contribution in [3.63, 3.8) is 0 Å². The van der Waals surface area contributed by atoms with Gasteiger partial charge in [0.05, 0.1) is 12.3 Å². The molecule has 2 unspecified atom stereocenters. The highest BCUT2D eigenvalue weighted by Gasteiger charge is 2.28. The molecule has 2 aromatic rings. The number of aliphatic hydroxyl groups excluding tert-OH is 3. The van der Waals surface area contributed by atoms with Crippen molar-refractivity contribution in [2.45, 2.75) is 12.2 Å². The van der Waals surface area contributed by atoms with Gasteiger partial charge >= 0.3 is 0 Å². The lowest BCUT2D eigenvalue weighted by molar-refractivity contribution is -0.0177. The van der Waals surface area contributed by atoms with Crippen LogP contribution in [0.5, 0.6) is 0 Å². The molecular weight excluding hydrogens is 264 g/mol. The van der Waals surface area contributed by atoms with Crippen molar-refractivity contribution in [3.8, 4) is 5.69 Å². The first-order valence-electron chi connectivity index (χ1n) is 5.84. The lowest BCUT2D eigenvalue weighted by Crippen LogP contribution is -2.25. The van der Waals surface area contributed by atoms with Gasteiger partial charge in [-0.25, -0.2) is 0 Å². The summed E-state index contributed by atoms with van der Waals surface area (Å²) in [4.78, 5) is 12.5. The van der Waals surface area contributed by atoms with Crippen molar-refractivity contribution in [2.75, 3.05) is 6.61 Å². The lowest BCUT2D eigenvalue weighted by Gasteiger charge is -2.13. The number of carbonyl (C=O) groups excluding carboxylic acids is 1. The third-order valence-corrected chi connectivity index (χ3v) is 2.69. The zero-order valence-corrected chi connectivity index (χ0v) is 10.4. The number of benzene rings is 1. The van der Waals surface area contributed by atoms with E-state index in [1.807, 2.05) is 0 Å². The monoisotopic (exact) mass is 278 g/mol. The molecule has 0 aliphatic carbocycles. The van der Waals surface area contributed by atoms with Crippen molar-refractivity contribution in [3.05, 3.63) is 41.7 Å². The number of nitrogens with two attached hydrogens (primary N) is 1. The predicted molar refractivity (Wildman–Crippen MR) is 67.9 cm³/mol. The summed E-state index contributed by atoms with van der Waals surface area (Å²) in [7, 11) is 0. The number of hydrogen-bond acceptors (Lipinski definition) is 6. The third-order valence-electron chi connectivity index (χ3n) is 2.69. The first-order valence-corrected chi connectivity index (χ1v) is 5.84. The number of hydrogen-bond donors (Lipinski definition) is 4. The Labute approximate surface area is 114 Å². The van der Waals surface area contributed by atoms with Crippen LogP contribution >= 0.6 is 0 Å².